The summed E-state index contributed by atoms with van der Waals surface area (Å²) < 4.78 is 0. The van der Waals surface area contributed by atoms with E-state index in [1.807, 2.05) is 0 Å². The Morgan fingerprint density at radius 1 is 0.905 bits per heavy atom. The van der Waals surface area contributed by atoms with E-state index in [-0.39, 0.29) is 0 Å². The maximum Gasteiger partial charge on any atom is 0.117 e. The van der Waals surface area contributed by atoms with E-state index < -0.39 is 0 Å². The molecule has 2 aromatic rings. The molecule has 114 valence electrons. The van der Waals surface area contributed by atoms with Crippen LogP contribution in [-0.2, 0) is 19.3 Å². The predicted octanol–water partition coefficient (Wildman–Crippen LogP) is 3.65. The summed E-state index contributed by atoms with van der Waals surface area (Å²) in [5, 5.41) is 14.4. The molecule has 1 heterocycles. The molecule has 0 radical (unpaired) electrons. The van der Waals surface area contributed by atoms with Gasteiger partial charge in [0.2, 0.25) is 0 Å². The van der Waals surface area contributed by atoms with E-state index in [4.69, 9.17) is 0 Å². The van der Waals surface area contributed by atoms with Crippen LogP contribution in [0.15, 0.2) is 30.3 Å². The van der Waals surface area contributed by atoms with Crippen LogP contribution in [0.25, 0.3) is 0 Å². The van der Waals surface area contributed by atoms with Crippen LogP contribution in [-0.4, -0.2) is 23.3 Å². The maximum absolute atomic E-state index is 4.31. The number of aryl methyl sites for hydroxylation is 3. The van der Waals surface area contributed by atoms with Crippen molar-refractivity contribution >= 4 is 11.3 Å². The molecule has 1 N–H and O–H groups in total. The molecule has 0 amide bonds. The second-order valence-electron chi connectivity index (χ2n) is 5.28. The van der Waals surface area contributed by atoms with Crippen molar-refractivity contribution in [2.24, 2.45) is 0 Å². The van der Waals surface area contributed by atoms with E-state index >= 15 is 0 Å². The average molecular weight is 303 g/mol. The Balaban J connectivity index is 1.63. The van der Waals surface area contributed by atoms with Gasteiger partial charge in [0.25, 0.3) is 0 Å². The number of aromatic nitrogens is 2. The largest absolute Gasteiger partial charge is 0.317 e. The number of nitrogens with one attached hydrogen (secondary N) is 1. The summed E-state index contributed by atoms with van der Waals surface area (Å²) in [4.78, 5) is 0. The lowest BCUT2D eigenvalue weighted by Gasteiger charge is -2.00. The first-order valence-electron chi connectivity index (χ1n) is 7.94. The molecular formula is C17H25N3S. The standard InChI is InChI=1S/C17H25N3S/c1-2-13-18-14-7-12-17-20-19-16(21-17)11-6-10-15-8-4-3-5-9-15/h3-5,8-9,18H,2,6-7,10-14H2,1H3. The minimum atomic E-state index is 1.04. The Morgan fingerprint density at radius 2 is 1.62 bits per heavy atom. The highest BCUT2D eigenvalue weighted by molar-refractivity contribution is 7.11. The van der Waals surface area contributed by atoms with Crippen LogP contribution in [0.4, 0.5) is 0 Å². The maximum atomic E-state index is 4.31. The van der Waals surface area contributed by atoms with Gasteiger partial charge < -0.3 is 5.32 Å². The zero-order valence-corrected chi connectivity index (χ0v) is 13.7. The Morgan fingerprint density at radius 3 is 2.33 bits per heavy atom. The first-order chi connectivity index (χ1) is 10.4. The summed E-state index contributed by atoms with van der Waals surface area (Å²) in [6.45, 7) is 4.39. The van der Waals surface area contributed by atoms with Crippen LogP contribution in [0.3, 0.4) is 0 Å². The van der Waals surface area contributed by atoms with Gasteiger partial charge in [-0.3, -0.25) is 0 Å². The van der Waals surface area contributed by atoms with Crippen molar-refractivity contribution in [3.8, 4) is 0 Å². The Kier molecular flexibility index (Phi) is 7.39. The molecule has 0 saturated carbocycles. The smallest absolute Gasteiger partial charge is 0.117 e. The first-order valence-corrected chi connectivity index (χ1v) is 8.76. The van der Waals surface area contributed by atoms with Crippen LogP contribution in [0.1, 0.15) is 41.8 Å². The van der Waals surface area contributed by atoms with Gasteiger partial charge in [-0.1, -0.05) is 37.3 Å². The molecule has 0 spiro atoms. The molecule has 3 nitrogen and oxygen atoms in total. The zero-order valence-electron chi connectivity index (χ0n) is 12.8. The normalized spacial score (nSPS) is 10.9. The molecule has 2 rings (SSSR count). The molecule has 0 aliphatic carbocycles. The summed E-state index contributed by atoms with van der Waals surface area (Å²) in [5.41, 5.74) is 1.41. The Hall–Kier alpha value is -1.26. The highest BCUT2D eigenvalue weighted by Crippen LogP contribution is 2.14. The van der Waals surface area contributed by atoms with Crippen molar-refractivity contribution in [3.63, 3.8) is 0 Å². The van der Waals surface area contributed by atoms with E-state index in [1.54, 1.807) is 11.3 Å². The number of hydrogen-bond donors (Lipinski definition) is 1. The van der Waals surface area contributed by atoms with E-state index in [2.05, 4.69) is 52.8 Å². The van der Waals surface area contributed by atoms with Gasteiger partial charge in [-0.25, -0.2) is 0 Å². The molecule has 1 aromatic carbocycles. The number of nitrogens with zero attached hydrogens (tertiary/aromatic N) is 2. The fourth-order valence-corrected chi connectivity index (χ4v) is 3.17. The van der Waals surface area contributed by atoms with Gasteiger partial charge in [0, 0.05) is 12.8 Å². The number of hydrogen-bond acceptors (Lipinski definition) is 4. The highest BCUT2D eigenvalue weighted by Gasteiger charge is 2.04. The summed E-state index contributed by atoms with van der Waals surface area (Å²) in [6.07, 6.45) is 6.71. The van der Waals surface area contributed by atoms with Crippen molar-refractivity contribution in [1.29, 1.82) is 0 Å². The molecular weight excluding hydrogens is 278 g/mol. The summed E-state index contributed by atoms with van der Waals surface area (Å²) >= 11 is 1.78. The van der Waals surface area contributed by atoms with Crippen LogP contribution < -0.4 is 5.32 Å². The van der Waals surface area contributed by atoms with Gasteiger partial charge in [0.05, 0.1) is 0 Å². The van der Waals surface area contributed by atoms with Gasteiger partial charge in [0.1, 0.15) is 10.0 Å². The van der Waals surface area contributed by atoms with Crippen molar-refractivity contribution in [1.82, 2.24) is 15.5 Å². The quantitative estimate of drug-likeness (QED) is 0.681. The van der Waals surface area contributed by atoms with E-state index in [1.165, 1.54) is 22.0 Å². The molecule has 21 heavy (non-hydrogen) atoms. The van der Waals surface area contributed by atoms with Gasteiger partial charge in [-0.05, 0) is 44.3 Å². The molecule has 4 heteroatoms. The highest BCUT2D eigenvalue weighted by atomic mass is 32.1. The summed E-state index contributed by atoms with van der Waals surface area (Å²) in [6, 6.07) is 10.6. The second kappa shape index (κ2) is 9.64. The number of rotatable bonds is 10. The molecule has 0 atom stereocenters. The van der Waals surface area contributed by atoms with E-state index in [9.17, 15) is 0 Å². The topological polar surface area (TPSA) is 37.8 Å². The third-order valence-corrected chi connectivity index (χ3v) is 4.42. The van der Waals surface area contributed by atoms with Crippen LogP contribution in [0.5, 0.6) is 0 Å². The Bertz CT molecular complexity index is 496. The fraction of sp³-hybridized carbons (Fsp3) is 0.529. The van der Waals surface area contributed by atoms with Gasteiger partial charge in [-0.15, -0.1) is 21.5 Å². The molecule has 0 fully saturated rings. The number of benzene rings is 1. The predicted molar refractivity (Wildman–Crippen MR) is 89.9 cm³/mol. The van der Waals surface area contributed by atoms with Gasteiger partial charge >= 0.3 is 0 Å². The first kappa shape index (κ1) is 16.1. The van der Waals surface area contributed by atoms with Crippen molar-refractivity contribution < 1.29 is 0 Å². The fourth-order valence-electron chi connectivity index (χ4n) is 2.25. The van der Waals surface area contributed by atoms with Gasteiger partial charge in [0.15, 0.2) is 0 Å². The van der Waals surface area contributed by atoms with E-state index in [0.29, 0.717) is 0 Å². The third-order valence-electron chi connectivity index (χ3n) is 3.38. The van der Waals surface area contributed by atoms with Crippen molar-refractivity contribution in [3.05, 3.63) is 45.9 Å². The minimum Gasteiger partial charge on any atom is -0.317 e. The van der Waals surface area contributed by atoms with Gasteiger partial charge in [-0.2, -0.15) is 0 Å². The molecule has 1 aromatic heterocycles. The SMILES string of the molecule is CCCNCCCc1nnc(CCCc2ccccc2)s1. The molecule has 0 unspecified atom stereocenters. The molecule has 0 aliphatic rings. The minimum absolute atomic E-state index is 1.04. The third kappa shape index (κ3) is 6.36. The summed E-state index contributed by atoms with van der Waals surface area (Å²) in [5.74, 6) is 0. The van der Waals surface area contributed by atoms with Crippen LogP contribution in [0.2, 0.25) is 0 Å². The monoisotopic (exact) mass is 303 g/mol. The molecule has 0 aliphatic heterocycles. The van der Waals surface area contributed by atoms with Crippen LogP contribution >= 0.6 is 11.3 Å². The zero-order chi connectivity index (χ0) is 14.8. The van der Waals surface area contributed by atoms with Crippen molar-refractivity contribution in [2.45, 2.75) is 45.4 Å². The second-order valence-corrected chi connectivity index (χ2v) is 6.43. The Labute approximate surface area is 131 Å². The average Bonchev–Trinajstić information content (AvgIpc) is 2.96. The van der Waals surface area contributed by atoms with Crippen molar-refractivity contribution in [2.75, 3.05) is 13.1 Å². The van der Waals surface area contributed by atoms with Crippen LogP contribution in [0, 0.1) is 0 Å². The lowest BCUT2D eigenvalue weighted by atomic mass is 10.1. The van der Waals surface area contributed by atoms with E-state index in [0.717, 1.165) is 45.2 Å². The summed E-state index contributed by atoms with van der Waals surface area (Å²) in [7, 11) is 0. The molecule has 0 saturated heterocycles. The lowest BCUT2D eigenvalue weighted by molar-refractivity contribution is 0.637. The lowest BCUT2D eigenvalue weighted by Crippen LogP contribution is -2.16. The molecule has 0 bridgehead atoms.